The lowest BCUT2D eigenvalue weighted by Gasteiger charge is -2.33. The second-order valence-corrected chi connectivity index (χ2v) is 4.37. The first kappa shape index (κ1) is 13.2. The van der Waals surface area contributed by atoms with Gasteiger partial charge in [-0.25, -0.2) is 4.79 Å². The zero-order valence-electron chi connectivity index (χ0n) is 10.8. The molecule has 1 aliphatic heterocycles. The van der Waals surface area contributed by atoms with E-state index in [0.717, 1.165) is 0 Å². The molecule has 0 radical (unpaired) electrons. The molecule has 0 aliphatic carbocycles. The molecule has 0 spiro atoms. The zero-order chi connectivity index (χ0) is 13.8. The molecule has 0 bridgehead atoms. The van der Waals surface area contributed by atoms with E-state index in [4.69, 9.17) is 5.73 Å². The fourth-order valence-corrected chi connectivity index (χ4v) is 2.03. The predicted molar refractivity (Wildman–Crippen MR) is 72.8 cm³/mol. The molecule has 0 saturated carbocycles. The second-order valence-electron chi connectivity index (χ2n) is 4.37. The molecule has 1 saturated heterocycles. The van der Waals surface area contributed by atoms with Crippen LogP contribution in [0.15, 0.2) is 24.3 Å². The van der Waals surface area contributed by atoms with E-state index in [1.165, 1.54) is 7.11 Å². The Hall–Kier alpha value is -2.24. The minimum atomic E-state index is -0.348. The summed E-state index contributed by atoms with van der Waals surface area (Å²) in [5.74, 6) is -0.0375. The molecule has 0 unspecified atom stereocenters. The number of methoxy groups -OCH3 is 1. The Balaban J connectivity index is 0.00000200. The van der Waals surface area contributed by atoms with Crippen molar-refractivity contribution < 1.29 is 15.8 Å². The summed E-state index contributed by atoms with van der Waals surface area (Å²) in [7, 11) is 1.36. The lowest BCUT2D eigenvalue weighted by atomic mass is 10.1. The molecule has 2 rings (SSSR count). The summed E-state index contributed by atoms with van der Waals surface area (Å²) in [5.41, 5.74) is 6.83. The molecule has 6 nitrogen and oxygen atoms in total. The molecule has 0 atom stereocenters. The number of rotatable bonds is 1. The summed E-state index contributed by atoms with van der Waals surface area (Å²) in [6.07, 6.45) is -0.348. The van der Waals surface area contributed by atoms with Crippen LogP contribution in [0.3, 0.4) is 0 Å². The largest absolute Gasteiger partial charge is 0.453 e. The van der Waals surface area contributed by atoms with Gasteiger partial charge in [-0.15, -0.1) is 0 Å². The van der Waals surface area contributed by atoms with Gasteiger partial charge in [0, 0.05) is 38.9 Å². The van der Waals surface area contributed by atoms with Crippen LogP contribution in [0.1, 0.15) is 11.8 Å². The van der Waals surface area contributed by atoms with Gasteiger partial charge in [-0.05, 0) is 24.3 Å². The number of piperazine rings is 1. The molecule has 1 aromatic carbocycles. The van der Waals surface area contributed by atoms with Crippen molar-refractivity contribution in [3.63, 3.8) is 0 Å². The fraction of sp³-hybridized carbons (Fsp3) is 0.385. The third-order valence-electron chi connectivity index (χ3n) is 3.16. The van der Waals surface area contributed by atoms with E-state index in [9.17, 15) is 9.59 Å². The summed E-state index contributed by atoms with van der Waals surface area (Å²) >= 11 is 0. The summed E-state index contributed by atoms with van der Waals surface area (Å²) < 4.78 is 4.65. The number of ether oxygens (including phenoxy) is 1. The molecule has 1 aliphatic rings. The maximum Gasteiger partial charge on any atom is 0.409 e. The lowest BCUT2D eigenvalue weighted by Crippen LogP contribution is -2.50. The molecule has 1 fully saturated rings. The van der Waals surface area contributed by atoms with Crippen molar-refractivity contribution >= 4 is 17.7 Å². The first-order valence-corrected chi connectivity index (χ1v) is 6.09. The molecular formula is C13H19N3O3. The van der Waals surface area contributed by atoms with Crippen molar-refractivity contribution in [3.05, 3.63) is 29.8 Å². The number of carbonyl (C=O) groups is 2. The number of anilines is 1. The van der Waals surface area contributed by atoms with Crippen LogP contribution in [0.2, 0.25) is 0 Å². The Morgan fingerprint density at radius 3 is 2.16 bits per heavy atom. The van der Waals surface area contributed by atoms with Crippen molar-refractivity contribution in [2.24, 2.45) is 0 Å². The quantitative estimate of drug-likeness (QED) is 0.770. The Morgan fingerprint density at radius 2 is 1.63 bits per heavy atom. The number of nitrogen functional groups attached to an aromatic ring is 1. The van der Waals surface area contributed by atoms with Crippen LogP contribution in [-0.2, 0) is 4.74 Å². The van der Waals surface area contributed by atoms with Crippen LogP contribution in [0.5, 0.6) is 0 Å². The molecular weight excluding hydrogens is 246 g/mol. The van der Waals surface area contributed by atoms with Crippen LogP contribution in [-0.4, -0.2) is 55.1 Å². The minimum absolute atomic E-state index is 0. The van der Waals surface area contributed by atoms with Gasteiger partial charge < -0.3 is 20.3 Å². The van der Waals surface area contributed by atoms with E-state index in [2.05, 4.69) is 4.74 Å². The smallest absolute Gasteiger partial charge is 0.409 e. The van der Waals surface area contributed by atoms with Gasteiger partial charge in [0.1, 0.15) is 0 Å². The molecule has 6 heteroatoms. The third kappa shape index (κ3) is 2.96. The van der Waals surface area contributed by atoms with E-state index < -0.39 is 0 Å². The Kier molecular flexibility index (Phi) is 3.89. The normalized spacial score (nSPS) is 15.2. The topological polar surface area (TPSA) is 75.9 Å². The van der Waals surface area contributed by atoms with Gasteiger partial charge >= 0.3 is 6.09 Å². The third-order valence-corrected chi connectivity index (χ3v) is 3.16. The van der Waals surface area contributed by atoms with Gasteiger partial charge in [-0.3, -0.25) is 4.79 Å². The van der Waals surface area contributed by atoms with E-state index in [0.29, 0.717) is 37.4 Å². The second kappa shape index (κ2) is 5.60. The highest BCUT2D eigenvalue weighted by Gasteiger charge is 2.24. The first-order valence-electron chi connectivity index (χ1n) is 6.09. The number of carbonyl (C=O) groups excluding carboxylic acids is 2. The summed E-state index contributed by atoms with van der Waals surface area (Å²) in [6, 6.07) is 6.84. The summed E-state index contributed by atoms with van der Waals surface area (Å²) in [6.45, 7) is 2.01. The first-order chi connectivity index (χ1) is 9.11. The maximum atomic E-state index is 12.2. The van der Waals surface area contributed by atoms with Crippen molar-refractivity contribution in [1.82, 2.24) is 9.80 Å². The summed E-state index contributed by atoms with van der Waals surface area (Å²) in [5, 5.41) is 0. The number of amides is 2. The van der Waals surface area contributed by atoms with Crippen molar-refractivity contribution in [3.8, 4) is 0 Å². The summed E-state index contributed by atoms with van der Waals surface area (Å²) in [4.78, 5) is 26.9. The molecule has 0 aromatic heterocycles. The fourth-order valence-electron chi connectivity index (χ4n) is 2.03. The number of benzene rings is 1. The van der Waals surface area contributed by atoms with Crippen LogP contribution >= 0.6 is 0 Å². The van der Waals surface area contributed by atoms with Crippen molar-refractivity contribution in [1.29, 1.82) is 0 Å². The Morgan fingerprint density at radius 1 is 1.11 bits per heavy atom. The van der Waals surface area contributed by atoms with E-state index in [-0.39, 0.29) is 13.4 Å². The molecule has 104 valence electrons. The number of hydrogen-bond donors (Lipinski definition) is 1. The van der Waals surface area contributed by atoms with Crippen LogP contribution < -0.4 is 5.73 Å². The lowest BCUT2D eigenvalue weighted by molar-refractivity contribution is 0.0600. The van der Waals surface area contributed by atoms with E-state index in [1.807, 2.05) is 0 Å². The van der Waals surface area contributed by atoms with Gasteiger partial charge in [-0.1, -0.05) is 0 Å². The van der Waals surface area contributed by atoms with Crippen LogP contribution in [0.25, 0.3) is 0 Å². The predicted octanol–water partition coefficient (Wildman–Crippen LogP) is 1.04. The standard InChI is InChI=1S/C13H17N3O3.H2/c1-19-13(18)16-8-6-15(7-9-16)12(17)10-2-4-11(14)5-3-10;/h2-5H,6-9,14H2,1H3;1H. The number of nitrogens with zero attached hydrogens (tertiary/aromatic N) is 2. The van der Waals surface area contributed by atoms with Gasteiger partial charge in [0.2, 0.25) is 0 Å². The Labute approximate surface area is 113 Å². The highest BCUT2D eigenvalue weighted by molar-refractivity contribution is 5.94. The molecule has 1 aromatic rings. The maximum absolute atomic E-state index is 12.2. The van der Waals surface area contributed by atoms with Crippen LogP contribution in [0, 0.1) is 0 Å². The Bertz CT molecular complexity index is 470. The van der Waals surface area contributed by atoms with Crippen molar-refractivity contribution in [2.45, 2.75) is 0 Å². The average molecular weight is 265 g/mol. The van der Waals surface area contributed by atoms with Crippen LogP contribution in [0.4, 0.5) is 10.5 Å². The number of nitrogens with two attached hydrogens (primary N) is 1. The highest BCUT2D eigenvalue weighted by atomic mass is 16.5. The molecule has 1 heterocycles. The molecule has 2 amide bonds. The van der Waals surface area contributed by atoms with Gasteiger partial charge in [0.25, 0.3) is 5.91 Å². The van der Waals surface area contributed by atoms with Gasteiger partial charge in [-0.2, -0.15) is 0 Å². The average Bonchev–Trinajstić information content (AvgIpc) is 2.46. The van der Waals surface area contributed by atoms with E-state index >= 15 is 0 Å². The molecule has 19 heavy (non-hydrogen) atoms. The minimum Gasteiger partial charge on any atom is -0.453 e. The highest BCUT2D eigenvalue weighted by Crippen LogP contribution is 2.11. The van der Waals surface area contributed by atoms with Gasteiger partial charge in [0.05, 0.1) is 7.11 Å². The number of hydrogen-bond acceptors (Lipinski definition) is 4. The molecule has 2 N–H and O–H groups in total. The zero-order valence-corrected chi connectivity index (χ0v) is 10.8. The van der Waals surface area contributed by atoms with E-state index in [1.54, 1.807) is 34.1 Å². The van der Waals surface area contributed by atoms with Crippen molar-refractivity contribution in [2.75, 3.05) is 39.0 Å². The monoisotopic (exact) mass is 265 g/mol. The van der Waals surface area contributed by atoms with Gasteiger partial charge in [0.15, 0.2) is 0 Å². The SMILES string of the molecule is COC(=O)N1CCN(C(=O)c2ccc(N)cc2)CC1.[HH].